The molecule has 1 saturated carbocycles. The topological polar surface area (TPSA) is 77.0 Å². The van der Waals surface area contributed by atoms with Gasteiger partial charge >= 0.3 is 5.97 Å². The van der Waals surface area contributed by atoms with Gasteiger partial charge in [0.1, 0.15) is 5.54 Å². The summed E-state index contributed by atoms with van der Waals surface area (Å²) in [5.41, 5.74) is 1.58. The normalized spacial score (nSPS) is 18.1. The molecule has 2 aromatic rings. The van der Waals surface area contributed by atoms with Crippen molar-refractivity contribution in [2.75, 3.05) is 25.1 Å². The molecule has 184 valence electrons. The predicted octanol–water partition coefficient (Wildman–Crippen LogP) is 5.79. The number of halogens is 1. The summed E-state index contributed by atoms with van der Waals surface area (Å²) in [5.74, 6) is -1.06. The van der Waals surface area contributed by atoms with Crippen molar-refractivity contribution in [1.29, 1.82) is 0 Å². The Morgan fingerprint density at radius 3 is 2.65 bits per heavy atom. The molecule has 1 saturated heterocycles. The van der Waals surface area contributed by atoms with Gasteiger partial charge in [-0.3, -0.25) is 0 Å². The summed E-state index contributed by atoms with van der Waals surface area (Å²) >= 11 is 0. The molecule has 0 unspecified atom stereocenters. The molecule has 6 nitrogen and oxygen atoms in total. The van der Waals surface area contributed by atoms with Gasteiger partial charge in [0.25, 0.3) is 0 Å². The molecule has 2 fully saturated rings. The van der Waals surface area contributed by atoms with Crippen molar-refractivity contribution in [2.45, 2.75) is 70.1 Å². The van der Waals surface area contributed by atoms with Crippen LogP contribution in [0.2, 0.25) is 0 Å². The lowest BCUT2D eigenvalue weighted by atomic mass is 9.89. The summed E-state index contributed by atoms with van der Waals surface area (Å²) in [5, 5.41) is 13.2. The summed E-state index contributed by atoms with van der Waals surface area (Å²) in [4.78, 5) is 12.1. The highest BCUT2D eigenvalue weighted by atomic mass is 19.1. The van der Waals surface area contributed by atoms with Gasteiger partial charge in [-0.2, -0.15) is 0 Å². The number of carboxylic acid groups (broad SMARTS) is 1. The number of hydrogen-bond donors (Lipinski definition) is 2. The maximum absolute atomic E-state index is 15.4. The number of hydrogen-bond acceptors (Lipinski definition) is 5. The van der Waals surface area contributed by atoms with E-state index >= 15 is 4.39 Å². The van der Waals surface area contributed by atoms with E-state index in [2.05, 4.69) is 5.32 Å². The van der Waals surface area contributed by atoms with E-state index in [0.29, 0.717) is 50.5 Å². The second-order valence-corrected chi connectivity index (χ2v) is 9.18. The van der Waals surface area contributed by atoms with E-state index in [1.54, 1.807) is 18.2 Å². The van der Waals surface area contributed by atoms with Crippen molar-refractivity contribution in [2.24, 2.45) is 0 Å². The first-order chi connectivity index (χ1) is 16.5. The number of carbonyl (C=O) groups is 1. The van der Waals surface area contributed by atoms with Gasteiger partial charge in [-0.05, 0) is 48.6 Å². The summed E-state index contributed by atoms with van der Waals surface area (Å²) in [7, 11) is 0. The third-order valence-electron chi connectivity index (χ3n) is 6.74. The first-order valence-corrected chi connectivity index (χ1v) is 12.3. The van der Waals surface area contributed by atoms with Gasteiger partial charge < -0.3 is 24.6 Å². The van der Waals surface area contributed by atoms with Crippen LogP contribution in [0.5, 0.6) is 5.75 Å². The van der Waals surface area contributed by atoms with E-state index in [4.69, 9.17) is 14.2 Å². The molecule has 34 heavy (non-hydrogen) atoms. The zero-order valence-electron chi connectivity index (χ0n) is 19.8. The Kier molecular flexibility index (Phi) is 8.06. The lowest BCUT2D eigenvalue weighted by Crippen LogP contribution is -2.50. The first-order valence-electron chi connectivity index (χ1n) is 12.3. The van der Waals surface area contributed by atoms with Gasteiger partial charge in [0.2, 0.25) is 0 Å². The predicted molar refractivity (Wildman–Crippen MR) is 129 cm³/mol. The fourth-order valence-corrected chi connectivity index (χ4v) is 4.75. The van der Waals surface area contributed by atoms with Crippen LogP contribution in [0.15, 0.2) is 36.4 Å². The molecular weight excluding hydrogens is 437 g/mol. The maximum atomic E-state index is 15.4. The summed E-state index contributed by atoms with van der Waals surface area (Å²) in [6.45, 7) is 3.55. The Morgan fingerprint density at radius 1 is 1.18 bits per heavy atom. The molecule has 0 atom stereocenters. The molecule has 2 aliphatic rings. The largest absolute Gasteiger partial charge is 0.491 e. The van der Waals surface area contributed by atoms with Crippen molar-refractivity contribution in [1.82, 2.24) is 0 Å². The minimum atomic E-state index is -1.08. The second-order valence-electron chi connectivity index (χ2n) is 9.18. The highest BCUT2D eigenvalue weighted by Crippen LogP contribution is 2.35. The molecule has 0 spiro atoms. The molecule has 0 bridgehead atoms. The Labute approximate surface area is 200 Å². The van der Waals surface area contributed by atoms with Crippen LogP contribution < -0.4 is 10.1 Å². The average molecular weight is 472 g/mol. The molecule has 1 heterocycles. The Balaban J connectivity index is 1.66. The first kappa shape index (κ1) is 24.5. The lowest BCUT2D eigenvalue weighted by Gasteiger charge is -2.35. The molecular formula is C27H34FNO5. The van der Waals surface area contributed by atoms with Crippen LogP contribution in [0, 0.1) is 5.82 Å². The van der Waals surface area contributed by atoms with E-state index in [0.717, 1.165) is 43.2 Å². The van der Waals surface area contributed by atoms with Gasteiger partial charge in [-0.1, -0.05) is 38.0 Å². The highest BCUT2D eigenvalue weighted by molar-refractivity contribution is 5.83. The number of anilines is 1. The molecule has 4 rings (SSSR count). The molecule has 0 radical (unpaired) electrons. The van der Waals surface area contributed by atoms with Crippen LogP contribution in [-0.4, -0.2) is 42.5 Å². The van der Waals surface area contributed by atoms with E-state index in [9.17, 15) is 9.90 Å². The smallest absolute Gasteiger partial charge is 0.329 e. The number of carboxylic acids is 1. The van der Waals surface area contributed by atoms with Crippen LogP contribution in [-0.2, 0) is 20.9 Å². The van der Waals surface area contributed by atoms with Crippen LogP contribution in [0.25, 0.3) is 11.1 Å². The van der Waals surface area contributed by atoms with E-state index in [1.165, 1.54) is 0 Å². The van der Waals surface area contributed by atoms with E-state index < -0.39 is 17.3 Å². The van der Waals surface area contributed by atoms with Crippen molar-refractivity contribution >= 4 is 11.7 Å². The number of ether oxygens (including phenoxy) is 3. The SMILES string of the molecule is CCCOc1cccc(-c2ccc(NC3(C(=O)O)CCOCC3)cc2COC2CCCC2)c1F. The Hall–Kier alpha value is -2.64. The third kappa shape index (κ3) is 5.53. The van der Waals surface area contributed by atoms with Gasteiger partial charge in [-0.25, -0.2) is 9.18 Å². The highest BCUT2D eigenvalue weighted by Gasteiger charge is 2.40. The molecule has 1 aliphatic carbocycles. The van der Waals surface area contributed by atoms with Gasteiger partial charge in [0, 0.05) is 37.3 Å². The zero-order chi connectivity index (χ0) is 24.0. The monoisotopic (exact) mass is 471 g/mol. The maximum Gasteiger partial charge on any atom is 0.329 e. The van der Waals surface area contributed by atoms with Crippen LogP contribution >= 0.6 is 0 Å². The van der Waals surface area contributed by atoms with E-state index in [-0.39, 0.29) is 11.9 Å². The minimum Gasteiger partial charge on any atom is -0.491 e. The summed E-state index contributed by atoms with van der Waals surface area (Å²) in [6.07, 6.45) is 6.14. The van der Waals surface area contributed by atoms with Crippen LogP contribution in [0.3, 0.4) is 0 Å². The van der Waals surface area contributed by atoms with Crippen molar-refractivity contribution in [3.63, 3.8) is 0 Å². The van der Waals surface area contributed by atoms with Crippen molar-refractivity contribution in [3.8, 4) is 16.9 Å². The van der Waals surface area contributed by atoms with Gasteiger partial charge in [0.05, 0.1) is 19.3 Å². The molecule has 2 aromatic carbocycles. The quantitative estimate of drug-likeness (QED) is 0.457. The van der Waals surface area contributed by atoms with Crippen molar-refractivity contribution in [3.05, 3.63) is 47.8 Å². The molecule has 1 aliphatic heterocycles. The Morgan fingerprint density at radius 2 is 1.94 bits per heavy atom. The fourth-order valence-electron chi connectivity index (χ4n) is 4.75. The third-order valence-corrected chi connectivity index (χ3v) is 6.74. The van der Waals surface area contributed by atoms with Crippen LogP contribution in [0.4, 0.5) is 10.1 Å². The zero-order valence-corrected chi connectivity index (χ0v) is 19.8. The number of nitrogens with one attached hydrogen (secondary N) is 1. The molecule has 7 heteroatoms. The van der Waals surface area contributed by atoms with E-state index in [1.807, 2.05) is 25.1 Å². The molecule has 2 N–H and O–H groups in total. The second kappa shape index (κ2) is 11.2. The summed E-state index contributed by atoms with van der Waals surface area (Å²) in [6, 6.07) is 10.7. The van der Waals surface area contributed by atoms with Gasteiger partial charge in [-0.15, -0.1) is 0 Å². The van der Waals surface area contributed by atoms with Crippen molar-refractivity contribution < 1.29 is 28.5 Å². The number of aliphatic carboxylic acids is 1. The Bertz CT molecular complexity index is 983. The minimum absolute atomic E-state index is 0.203. The number of rotatable bonds is 10. The lowest BCUT2D eigenvalue weighted by molar-refractivity contribution is -0.145. The fraction of sp³-hybridized carbons (Fsp3) is 0.519. The molecule has 0 amide bonds. The molecule has 0 aromatic heterocycles. The average Bonchev–Trinajstić information content (AvgIpc) is 3.37. The standard InChI is InChI=1S/C27H34FNO5/c1-2-14-33-24-9-5-8-23(25(24)28)22-11-10-20(17-19(22)18-34-21-6-3-4-7-21)29-27(26(30)31)12-15-32-16-13-27/h5,8-11,17,21,29H,2-4,6-7,12-16,18H2,1H3,(H,30,31). The summed E-state index contributed by atoms with van der Waals surface area (Å²) < 4.78 is 32.5. The number of benzene rings is 2. The van der Waals surface area contributed by atoms with Gasteiger partial charge in [0.15, 0.2) is 11.6 Å². The van der Waals surface area contributed by atoms with Crippen LogP contribution in [0.1, 0.15) is 57.4 Å².